The Labute approximate surface area is 148 Å². The summed E-state index contributed by atoms with van der Waals surface area (Å²) in [7, 11) is 0. The molecule has 2 heterocycles. The summed E-state index contributed by atoms with van der Waals surface area (Å²) in [6.45, 7) is 0. The highest BCUT2D eigenvalue weighted by Gasteiger charge is 2.09. The minimum atomic E-state index is -0.702. The van der Waals surface area contributed by atoms with Gasteiger partial charge in [-0.05, 0) is 34.8 Å². The number of hydrogen-bond donors (Lipinski definition) is 1. The van der Waals surface area contributed by atoms with E-state index in [0.29, 0.717) is 0 Å². The van der Waals surface area contributed by atoms with Crippen molar-refractivity contribution in [3.63, 3.8) is 0 Å². The van der Waals surface area contributed by atoms with Gasteiger partial charge in [-0.2, -0.15) is 0 Å². The first-order chi connectivity index (χ1) is 10.2. The molecule has 2 N–H and O–H groups in total. The first-order valence-electron chi connectivity index (χ1n) is 5.08. The summed E-state index contributed by atoms with van der Waals surface area (Å²) in [5.74, 6) is -0.674. The molecule has 0 aliphatic rings. The maximum Gasteiger partial charge on any atom is 0.257 e. The number of primary amides is 1. The van der Waals surface area contributed by atoms with Crippen LogP contribution in [0.25, 0.3) is 0 Å². The summed E-state index contributed by atoms with van der Waals surface area (Å²) < 4.78 is 0. The number of nitrogens with zero attached hydrogens (tertiary/aromatic N) is 4. The number of aromatic nitrogens is 4. The normalized spacial score (nSPS) is 9.68. The molecule has 0 aliphatic heterocycles. The fourth-order valence-electron chi connectivity index (χ4n) is 0.979. The van der Waals surface area contributed by atoms with Gasteiger partial charge in [-0.1, -0.05) is 23.2 Å². The highest BCUT2D eigenvalue weighted by atomic mass is 35.5. The summed E-state index contributed by atoms with van der Waals surface area (Å²) in [6.07, 6.45) is 2.35. The molecule has 0 spiro atoms. The van der Waals surface area contributed by atoms with Crippen molar-refractivity contribution in [2.75, 3.05) is 0 Å². The van der Waals surface area contributed by atoms with Crippen LogP contribution in [-0.2, 0) is 0 Å². The highest BCUT2D eigenvalue weighted by Crippen LogP contribution is 2.15. The molecule has 0 atom stereocenters. The average molecular weight is 403 g/mol. The average Bonchev–Trinajstić information content (AvgIpc) is 2.38. The number of halogens is 5. The van der Waals surface area contributed by atoms with Crippen molar-refractivity contribution < 1.29 is 9.59 Å². The van der Waals surface area contributed by atoms with E-state index in [-0.39, 0.29) is 32.0 Å². The van der Waals surface area contributed by atoms with Crippen LogP contribution in [0.5, 0.6) is 0 Å². The second kappa shape index (κ2) is 8.40. The first kappa shape index (κ1) is 18.8. The molecule has 0 saturated carbocycles. The summed E-state index contributed by atoms with van der Waals surface area (Å²) in [4.78, 5) is 35.2. The van der Waals surface area contributed by atoms with E-state index in [4.69, 9.17) is 63.7 Å². The molecule has 0 saturated heterocycles. The molecule has 0 bridgehead atoms. The number of amides is 1. The number of rotatable bonds is 2. The molecular formula is C10H4Cl5N5O2. The van der Waals surface area contributed by atoms with Crippen LogP contribution in [0.15, 0.2) is 12.4 Å². The summed E-state index contributed by atoms with van der Waals surface area (Å²) in [6, 6.07) is 0. The molecule has 2 aromatic rings. The van der Waals surface area contributed by atoms with Gasteiger partial charge in [-0.3, -0.25) is 9.59 Å². The molecule has 0 fully saturated rings. The third-order valence-electron chi connectivity index (χ3n) is 1.90. The number of carbonyl (C=O) groups is 2. The molecule has 0 radical (unpaired) electrons. The van der Waals surface area contributed by atoms with E-state index >= 15 is 0 Å². The van der Waals surface area contributed by atoms with E-state index in [2.05, 4.69) is 19.9 Å². The lowest BCUT2D eigenvalue weighted by atomic mass is 10.3. The van der Waals surface area contributed by atoms with Crippen molar-refractivity contribution in [3.8, 4) is 0 Å². The maximum atomic E-state index is 10.5. The van der Waals surface area contributed by atoms with Gasteiger partial charge in [0.1, 0.15) is 10.3 Å². The van der Waals surface area contributed by atoms with E-state index in [9.17, 15) is 9.59 Å². The SMILES string of the molecule is NC(=O)c1cnc(Cl)nc1Cl.O=C(Cl)c1cnc(Cl)nc1Cl. The summed E-state index contributed by atoms with van der Waals surface area (Å²) >= 11 is 26.8. The topological polar surface area (TPSA) is 112 Å². The van der Waals surface area contributed by atoms with Crippen LogP contribution in [-0.4, -0.2) is 31.1 Å². The minimum Gasteiger partial charge on any atom is -0.365 e. The lowest BCUT2D eigenvalue weighted by Crippen LogP contribution is -2.12. The molecule has 0 aromatic carbocycles. The van der Waals surface area contributed by atoms with Gasteiger partial charge < -0.3 is 5.73 Å². The van der Waals surface area contributed by atoms with Crippen LogP contribution in [0, 0.1) is 0 Å². The third-order valence-corrected chi connectivity index (χ3v) is 3.05. The van der Waals surface area contributed by atoms with Crippen LogP contribution in [0.1, 0.15) is 20.7 Å². The van der Waals surface area contributed by atoms with Gasteiger partial charge in [0, 0.05) is 12.4 Å². The Hall–Kier alpha value is -1.25. The minimum absolute atomic E-state index is 0.0139. The van der Waals surface area contributed by atoms with E-state index in [1.54, 1.807) is 0 Å². The van der Waals surface area contributed by atoms with E-state index in [0.717, 1.165) is 0 Å². The maximum absolute atomic E-state index is 10.5. The van der Waals surface area contributed by atoms with E-state index < -0.39 is 11.1 Å². The largest absolute Gasteiger partial charge is 0.365 e. The molecule has 0 aliphatic carbocycles. The molecule has 0 unspecified atom stereocenters. The quantitative estimate of drug-likeness (QED) is 0.469. The van der Waals surface area contributed by atoms with Crippen LogP contribution in [0.2, 0.25) is 20.9 Å². The van der Waals surface area contributed by atoms with Gasteiger partial charge in [0.25, 0.3) is 11.1 Å². The highest BCUT2D eigenvalue weighted by molar-refractivity contribution is 6.68. The Kier molecular flexibility index (Phi) is 7.18. The lowest BCUT2D eigenvalue weighted by molar-refractivity contribution is 0.0999. The number of carbonyl (C=O) groups excluding carboxylic acids is 2. The molecular weight excluding hydrogens is 399 g/mol. The van der Waals surface area contributed by atoms with E-state index in [1.807, 2.05) is 0 Å². The zero-order valence-electron chi connectivity index (χ0n) is 10.2. The van der Waals surface area contributed by atoms with Gasteiger partial charge in [0.05, 0.1) is 11.1 Å². The van der Waals surface area contributed by atoms with Crippen molar-refractivity contribution in [2.45, 2.75) is 0 Å². The fourth-order valence-corrected chi connectivity index (χ4v) is 1.96. The lowest BCUT2D eigenvalue weighted by Gasteiger charge is -1.96. The molecule has 2 rings (SSSR count). The molecule has 12 heteroatoms. The molecule has 22 heavy (non-hydrogen) atoms. The van der Waals surface area contributed by atoms with Crippen LogP contribution < -0.4 is 5.73 Å². The second-order valence-corrected chi connectivity index (χ2v) is 5.06. The third kappa shape index (κ3) is 5.51. The Morgan fingerprint density at radius 1 is 0.864 bits per heavy atom. The zero-order chi connectivity index (χ0) is 16.9. The van der Waals surface area contributed by atoms with Crippen molar-refractivity contribution >= 4 is 69.2 Å². The Bertz CT molecular complexity index is 665. The van der Waals surface area contributed by atoms with Gasteiger partial charge in [-0.25, -0.2) is 19.9 Å². The molecule has 7 nitrogen and oxygen atoms in total. The summed E-state index contributed by atoms with van der Waals surface area (Å²) in [5.41, 5.74) is 5.04. The standard InChI is InChI=1S/C5HCl3N2O.C5H3Cl2N3O/c6-3-2(4(7)11)1-9-5(8)10-3;6-3-2(4(8)11)1-9-5(7)10-3/h1H;1H,(H2,8,11). The monoisotopic (exact) mass is 401 g/mol. The summed E-state index contributed by atoms with van der Waals surface area (Å²) in [5, 5.41) is -0.800. The van der Waals surface area contributed by atoms with Crippen LogP contribution in [0.4, 0.5) is 0 Å². The zero-order valence-corrected chi connectivity index (χ0v) is 14.0. The van der Waals surface area contributed by atoms with Gasteiger partial charge >= 0.3 is 0 Å². The Morgan fingerprint density at radius 2 is 1.27 bits per heavy atom. The predicted octanol–water partition coefficient (Wildman–Crippen LogP) is 3.04. The Morgan fingerprint density at radius 3 is 1.59 bits per heavy atom. The fraction of sp³-hybridized carbons (Fsp3) is 0. The number of hydrogen-bond acceptors (Lipinski definition) is 6. The van der Waals surface area contributed by atoms with Crippen molar-refractivity contribution in [1.82, 2.24) is 19.9 Å². The Balaban J connectivity index is 0.000000220. The van der Waals surface area contributed by atoms with Crippen molar-refractivity contribution in [2.24, 2.45) is 5.73 Å². The van der Waals surface area contributed by atoms with Crippen molar-refractivity contribution in [3.05, 3.63) is 44.4 Å². The van der Waals surface area contributed by atoms with Crippen LogP contribution >= 0.6 is 58.0 Å². The molecule has 116 valence electrons. The first-order valence-corrected chi connectivity index (χ1v) is 6.97. The molecule has 1 amide bonds. The van der Waals surface area contributed by atoms with Gasteiger partial charge in [-0.15, -0.1) is 0 Å². The predicted molar refractivity (Wildman–Crippen MR) is 82.8 cm³/mol. The second-order valence-electron chi connectivity index (χ2n) is 3.32. The smallest absolute Gasteiger partial charge is 0.257 e. The van der Waals surface area contributed by atoms with Gasteiger partial charge in [0.15, 0.2) is 0 Å². The van der Waals surface area contributed by atoms with Crippen LogP contribution in [0.3, 0.4) is 0 Å². The van der Waals surface area contributed by atoms with Crippen molar-refractivity contribution in [1.29, 1.82) is 0 Å². The van der Waals surface area contributed by atoms with Gasteiger partial charge in [0.2, 0.25) is 10.6 Å². The van der Waals surface area contributed by atoms with E-state index in [1.165, 1.54) is 12.4 Å². The molecule has 2 aromatic heterocycles. The number of nitrogens with two attached hydrogens (primary N) is 1.